The minimum Gasteiger partial charge on any atom is -0.508 e. The summed E-state index contributed by atoms with van der Waals surface area (Å²) in [6, 6.07) is 14.9. The first-order valence-corrected chi connectivity index (χ1v) is 12.6. The van der Waals surface area contributed by atoms with Crippen molar-refractivity contribution in [2.45, 2.75) is 51.4 Å². The van der Waals surface area contributed by atoms with Crippen LogP contribution in [0, 0.1) is 23.7 Å². The molecule has 7 nitrogen and oxygen atoms in total. The van der Waals surface area contributed by atoms with Crippen LogP contribution in [0.1, 0.15) is 37.8 Å². The van der Waals surface area contributed by atoms with E-state index in [1.165, 1.54) is 5.56 Å². The molecular weight excluding hydrogens is 442 g/mol. The molecular formula is C28H35N3O4. The van der Waals surface area contributed by atoms with Crippen LogP contribution in [0.5, 0.6) is 11.5 Å². The van der Waals surface area contributed by atoms with Gasteiger partial charge in [0.05, 0.1) is 7.11 Å². The predicted octanol–water partition coefficient (Wildman–Crippen LogP) is 3.07. The number of piperidine rings is 2. The van der Waals surface area contributed by atoms with Crippen molar-refractivity contribution >= 4 is 11.8 Å². The van der Waals surface area contributed by atoms with Crippen molar-refractivity contribution in [3.8, 4) is 11.5 Å². The van der Waals surface area contributed by atoms with Crippen LogP contribution in [0.3, 0.4) is 0 Å². The fourth-order valence-corrected chi connectivity index (χ4v) is 6.70. The van der Waals surface area contributed by atoms with Crippen LogP contribution in [0.15, 0.2) is 48.5 Å². The lowest BCUT2D eigenvalue weighted by Crippen LogP contribution is -2.77. The number of fused-ring (bicyclic) bond motifs is 1. The van der Waals surface area contributed by atoms with Gasteiger partial charge in [0.2, 0.25) is 11.8 Å². The molecule has 3 heterocycles. The average molecular weight is 478 g/mol. The van der Waals surface area contributed by atoms with E-state index in [4.69, 9.17) is 4.74 Å². The van der Waals surface area contributed by atoms with E-state index >= 15 is 0 Å². The smallest absolute Gasteiger partial charge is 0.248 e. The number of methoxy groups -OCH3 is 1. The van der Waals surface area contributed by atoms with Crippen LogP contribution in [0.4, 0.5) is 0 Å². The number of phenols is 1. The van der Waals surface area contributed by atoms with Crippen LogP contribution >= 0.6 is 0 Å². The molecule has 3 saturated heterocycles. The molecule has 3 N–H and O–H groups in total. The molecule has 5 atom stereocenters. The molecule has 0 radical (unpaired) electrons. The van der Waals surface area contributed by atoms with Crippen molar-refractivity contribution in [1.82, 2.24) is 15.5 Å². The third-order valence-electron chi connectivity index (χ3n) is 8.14. The van der Waals surface area contributed by atoms with Gasteiger partial charge in [-0.15, -0.1) is 0 Å². The van der Waals surface area contributed by atoms with Crippen molar-refractivity contribution in [1.29, 1.82) is 0 Å². The number of likely N-dealkylation sites (tertiary alicyclic amines) is 1. The molecule has 0 aromatic heterocycles. The Bertz CT molecular complexity index is 1080. The Kier molecular flexibility index (Phi) is 6.21. The van der Waals surface area contributed by atoms with Crippen LogP contribution < -0.4 is 15.4 Å². The zero-order valence-electron chi connectivity index (χ0n) is 20.7. The summed E-state index contributed by atoms with van der Waals surface area (Å²) in [5.41, 5.74) is 1.16. The highest BCUT2D eigenvalue weighted by molar-refractivity contribution is 5.97. The average Bonchev–Trinajstić information content (AvgIpc) is 3.07. The number of nitrogens with zero attached hydrogens (tertiary/aromatic N) is 1. The van der Waals surface area contributed by atoms with Crippen LogP contribution in [0.2, 0.25) is 0 Å². The number of hydrogen-bond acceptors (Lipinski definition) is 5. The second-order valence-electron chi connectivity index (χ2n) is 10.8. The largest absolute Gasteiger partial charge is 0.508 e. The van der Waals surface area contributed by atoms with Gasteiger partial charge in [0, 0.05) is 37.5 Å². The SMILES string of the molecule is COc1ccc(CN2CC3CC4C(=O)NC3(C(=O)NCc3ccc(O)cc3)C2C4CC(C)C)cc1. The summed E-state index contributed by atoms with van der Waals surface area (Å²) in [6.45, 7) is 6.26. The molecule has 2 aromatic rings. The molecule has 1 aliphatic carbocycles. The predicted molar refractivity (Wildman–Crippen MR) is 133 cm³/mol. The van der Waals surface area contributed by atoms with Gasteiger partial charge >= 0.3 is 0 Å². The number of hydrogen-bond donors (Lipinski definition) is 3. The van der Waals surface area contributed by atoms with Crippen molar-refractivity contribution in [3.05, 3.63) is 59.7 Å². The van der Waals surface area contributed by atoms with Crippen LogP contribution in [-0.4, -0.2) is 47.1 Å². The quantitative estimate of drug-likeness (QED) is 0.544. The third-order valence-corrected chi connectivity index (χ3v) is 8.14. The maximum absolute atomic E-state index is 13.9. The number of benzene rings is 2. The van der Waals surface area contributed by atoms with E-state index in [-0.39, 0.29) is 41.4 Å². The molecule has 186 valence electrons. The molecule has 2 amide bonds. The zero-order chi connectivity index (χ0) is 24.7. The van der Waals surface area contributed by atoms with Gasteiger partial charge in [0.15, 0.2) is 0 Å². The van der Waals surface area contributed by atoms with E-state index in [1.807, 2.05) is 12.1 Å². The Hall–Kier alpha value is -3.06. The molecule has 35 heavy (non-hydrogen) atoms. The highest BCUT2D eigenvalue weighted by Gasteiger charge is 2.70. The van der Waals surface area contributed by atoms with E-state index in [1.54, 1.807) is 31.4 Å². The second-order valence-corrected chi connectivity index (χ2v) is 10.8. The minimum atomic E-state index is -0.922. The number of carbonyl (C=O) groups is 2. The number of carbonyl (C=O) groups excluding carboxylic acids is 2. The van der Waals surface area contributed by atoms with Crippen molar-refractivity contribution < 1.29 is 19.4 Å². The molecule has 4 fully saturated rings. The summed E-state index contributed by atoms with van der Waals surface area (Å²) in [5.74, 6) is 1.55. The summed E-state index contributed by atoms with van der Waals surface area (Å²) in [5, 5.41) is 15.9. The first kappa shape index (κ1) is 23.7. The van der Waals surface area contributed by atoms with Gasteiger partial charge in [0.1, 0.15) is 17.0 Å². The van der Waals surface area contributed by atoms with E-state index in [0.29, 0.717) is 12.5 Å². The van der Waals surface area contributed by atoms with Gasteiger partial charge < -0.3 is 20.5 Å². The highest BCUT2D eigenvalue weighted by atomic mass is 16.5. The number of nitrogens with one attached hydrogen (secondary N) is 2. The number of ether oxygens (including phenoxy) is 1. The standard InChI is InChI=1S/C28H35N3O4/c1-17(2)12-23-24-13-20-16-31(15-19-6-10-22(35-3)11-7-19)25(23)28(20,30-26(24)33)27(34)29-14-18-4-8-21(32)9-5-18/h4-11,17,20,23-25,32H,12-16H2,1-3H3,(H,29,34)(H,30,33). The molecule has 4 aliphatic rings. The third kappa shape index (κ3) is 4.16. The Morgan fingerprint density at radius 3 is 2.51 bits per heavy atom. The Labute approximate surface area is 206 Å². The van der Waals surface area contributed by atoms with E-state index < -0.39 is 5.54 Å². The zero-order valence-corrected chi connectivity index (χ0v) is 20.7. The van der Waals surface area contributed by atoms with E-state index in [0.717, 1.165) is 37.2 Å². The van der Waals surface area contributed by atoms with Crippen LogP contribution in [0.25, 0.3) is 0 Å². The maximum Gasteiger partial charge on any atom is 0.248 e. The maximum atomic E-state index is 13.9. The van der Waals surface area contributed by atoms with Gasteiger partial charge in [0.25, 0.3) is 0 Å². The number of amides is 2. The lowest BCUT2D eigenvalue weighted by molar-refractivity contribution is -0.155. The van der Waals surface area contributed by atoms with Gasteiger partial charge in [-0.2, -0.15) is 0 Å². The van der Waals surface area contributed by atoms with Gasteiger partial charge in [-0.1, -0.05) is 38.1 Å². The van der Waals surface area contributed by atoms with E-state index in [2.05, 4.69) is 41.5 Å². The molecule has 6 rings (SSSR count). The fraction of sp³-hybridized carbons (Fsp3) is 0.500. The number of aromatic hydroxyl groups is 1. The highest BCUT2D eigenvalue weighted by Crippen LogP contribution is 2.54. The monoisotopic (exact) mass is 477 g/mol. The molecule has 4 bridgehead atoms. The Morgan fingerprint density at radius 1 is 1.17 bits per heavy atom. The molecule has 2 aromatic carbocycles. The Morgan fingerprint density at radius 2 is 1.86 bits per heavy atom. The fourth-order valence-electron chi connectivity index (χ4n) is 6.70. The minimum absolute atomic E-state index is 0.0224. The summed E-state index contributed by atoms with van der Waals surface area (Å²) < 4.78 is 5.31. The van der Waals surface area contributed by atoms with Crippen molar-refractivity contribution in [2.75, 3.05) is 13.7 Å². The second kappa shape index (κ2) is 9.19. The molecule has 0 spiro atoms. The van der Waals surface area contributed by atoms with Crippen LogP contribution in [-0.2, 0) is 22.7 Å². The lowest BCUT2D eigenvalue weighted by atomic mass is 9.57. The first-order valence-electron chi connectivity index (χ1n) is 12.6. The van der Waals surface area contributed by atoms with Gasteiger partial charge in [-0.05, 0) is 60.1 Å². The summed E-state index contributed by atoms with van der Waals surface area (Å²) in [6.07, 6.45) is 1.67. The summed E-state index contributed by atoms with van der Waals surface area (Å²) in [4.78, 5) is 29.5. The first-order chi connectivity index (χ1) is 16.8. The van der Waals surface area contributed by atoms with Gasteiger partial charge in [-0.3, -0.25) is 14.5 Å². The summed E-state index contributed by atoms with van der Waals surface area (Å²) in [7, 11) is 1.66. The van der Waals surface area contributed by atoms with E-state index in [9.17, 15) is 14.7 Å². The normalized spacial score (nSPS) is 29.3. The molecule has 5 unspecified atom stereocenters. The van der Waals surface area contributed by atoms with Gasteiger partial charge in [-0.25, -0.2) is 0 Å². The molecule has 7 heteroatoms. The Balaban J connectivity index is 1.44. The molecule has 3 aliphatic heterocycles. The topological polar surface area (TPSA) is 90.9 Å². The lowest BCUT2D eigenvalue weighted by Gasteiger charge is -2.55. The number of phenolic OH excluding ortho intramolecular Hbond substituents is 1. The van der Waals surface area contributed by atoms with Crippen molar-refractivity contribution in [3.63, 3.8) is 0 Å². The summed E-state index contributed by atoms with van der Waals surface area (Å²) >= 11 is 0. The number of rotatable bonds is 8. The van der Waals surface area contributed by atoms with Crippen molar-refractivity contribution in [2.24, 2.45) is 23.7 Å². The molecule has 1 saturated carbocycles.